The van der Waals surface area contributed by atoms with Crippen LogP contribution in [0.5, 0.6) is 11.5 Å². The maximum Gasteiger partial charge on any atom is 0.335 e. The molecule has 1 aliphatic heterocycles. The highest BCUT2D eigenvalue weighted by molar-refractivity contribution is 5.97. The first-order valence-electron chi connectivity index (χ1n) is 9.55. The molecule has 0 fully saturated rings. The Balaban J connectivity index is 1.54. The first-order valence-corrected chi connectivity index (χ1v) is 9.55. The van der Waals surface area contributed by atoms with Crippen molar-refractivity contribution < 1.29 is 28.5 Å². The number of hydrogen-bond acceptors (Lipinski definition) is 6. The van der Waals surface area contributed by atoms with Crippen LogP contribution in [0.3, 0.4) is 0 Å². The summed E-state index contributed by atoms with van der Waals surface area (Å²) in [6.45, 7) is 3.08. The van der Waals surface area contributed by atoms with E-state index in [1.807, 2.05) is 55.5 Å². The summed E-state index contributed by atoms with van der Waals surface area (Å²) in [6, 6.07) is 14.9. The van der Waals surface area contributed by atoms with E-state index in [0.717, 1.165) is 11.3 Å². The molecule has 2 aromatic rings. The van der Waals surface area contributed by atoms with Gasteiger partial charge in [-0.1, -0.05) is 24.3 Å². The number of rotatable bonds is 9. The standard InChI is InChI=1S/C22H25NO6/c1-3-27-20(22(25)26-2)14-16-8-10-17(11-9-16)28-13-12-23-18-6-4-5-7-19(18)29-15-21(23)24/h4-11,20H,3,12-15H2,1-2H3. The van der Waals surface area contributed by atoms with Gasteiger partial charge in [-0.3, -0.25) is 4.79 Å². The van der Waals surface area contributed by atoms with E-state index in [-0.39, 0.29) is 18.5 Å². The lowest BCUT2D eigenvalue weighted by molar-refractivity contribution is -0.153. The van der Waals surface area contributed by atoms with Gasteiger partial charge < -0.3 is 23.8 Å². The van der Waals surface area contributed by atoms with Crippen LogP contribution in [0.1, 0.15) is 12.5 Å². The summed E-state index contributed by atoms with van der Waals surface area (Å²) in [6.07, 6.45) is -0.191. The second-order valence-corrected chi connectivity index (χ2v) is 6.47. The highest BCUT2D eigenvalue weighted by Gasteiger charge is 2.25. The van der Waals surface area contributed by atoms with Gasteiger partial charge in [-0.2, -0.15) is 0 Å². The number of nitrogens with zero attached hydrogens (tertiary/aromatic N) is 1. The molecule has 1 amide bonds. The van der Waals surface area contributed by atoms with Crippen molar-refractivity contribution in [1.82, 2.24) is 0 Å². The predicted molar refractivity (Wildman–Crippen MR) is 107 cm³/mol. The number of anilines is 1. The molecule has 0 N–H and O–H groups in total. The van der Waals surface area contributed by atoms with Gasteiger partial charge in [-0.25, -0.2) is 4.79 Å². The van der Waals surface area contributed by atoms with Crippen LogP contribution in [-0.2, 0) is 25.5 Å². The zero-order valence-electron chi connectivity index (χ0n) is 16.6. The fourth-order valence-electron chi connectivity index (χ4n) is 3.13. The Morgan fingerprint density at radius 1 is 1.17 bits per heavy atom. The molecular formula is C22H25NO6. The summed E-state index contributed by atoms with van der Waals surface area (Å²) in [5.41, 5.74) is 1.70. The fraction of sp³-hybridized carbons (Fsp3) is 0.364. The van der Waals surface area contributed by atoms with E-state index >= 15 is 0 Å². The van der Waals surface area contributed by atoms with Crippen LogP contribution in [-0.4, -0.2) is 51.5 Å². The minimum Gasteiger partial charge on any atom is -0.492 e. The number of methoxy groups -OCH3 is 1. The van der Waals surface area contributed by atoms with Crippen LogP contribution >= 0.6 is 0 Å². The van der Waals surface area contributed by atoms with E-state index in [9.17, 15) is 9.59 Å². The average molecular weight is 399 g/mol. The highest BCUT2D eigenvalue weighted by atomic mass is 16.6. The van der Waals surface area contributed by atoms with Gasteiger partial charge in [0.2, 0.25) is 0 Å². The minimum absolute atomic E-state index is 0.0346. The largest absolute Gasteiger partial charge is 0.492 e. The van der Waals surface area contributed by atoms with Crippen LogP contribution in [0.25, 0.3) is 0 Å². The Bertz CT molecular complexity index is 835. The lowest BCUT2D eigenvalue weighted by Crippen LogP contribution is -2.41. The number of carbonyl (C=O) groups excluding carboxylic acids is 2. The van der Waals surface area contributed by atoms with Gasteiger partial charge in [0, 0.05) is 13.0 Å². The van der Waals surface area contributed by atoms with E-state index < -0.39 is 6.10 Å². The van der Waals surface area contributed by atoms with Gasteiger partial charge in [0.1, 0.15) is 18.1 Å². The number of ether oxygens (including phenoxy) is 4. The molecule has 0 aromatic heterocycles. The number of hydrogen-bond donors (Lipinski definition) is 0. The van der Waals surface area contributed by atoms with Crippen molar-refractivity contribution in [3.05, 3.63) is 54.1 Å². The first-order chi connectivity index (χ1) is 14.1. The molecule has 0 bridgehead atoms. The topological polar surface area (TPSA) is 74.3 Å². The molecule has 1 atom stereocenters. The lowest BCUT2D eigenvalue weighted by Gasteiger charge is -2.29. The number of amides is 1. The van der Waals surface area contributed by atoms with Crippen LogP contribution in [0, 0.1) is 0 Å². The SMILES string of the molecule is CCOC(Cc1ccc(OCCN2C(=O)COc3ccccc32)cc1)C(=O)OC. The van der Waals surface area contributed by atoms with Crippen LogP contribution in [0.15, 0.2) is 48.5 Å². The molecule has 29 heavy (non-hydrogen) atoms. The Kier molecular flexibility index (Phi) is 7.08. The fourth-order valence-corrected chi connectivity index (χ4v) is 3.13. The molecule has 7 heteroatoms. The number of benzene rings is 2. The van der Waals surface area contributed by atoms with Crippen molar-refractivity contribution >= 4 is 17.6 Å². The Morgan fingerprint density at radius 2 is 1.93 bits per heavy atom. The molecule has 0 spiro atoms. The molecule has 7 nitrogen and oxygen atoms in total. The maximum absolute atomic E-state index is 12.2. The number of para-hydroxylation sites is 2. The lowest BCUT2D eigenvalue weighted by atomic mass is 10.1. The smallest absolute Gasteiger partial charge is 0.335 e. The molecule has 0 saturated heterocycles. The van der Waals surface area contributed by atoms with Crippen molar-refractivity contribution in [2.75, 3.05) is 38.4 Å². The summed E-state index contributed by atoms with van der Waals surface area (Å²) in [7, 11) is 1.35. The quantitative estimate of drug-likeness (QED) is 0.604. The minimum atomic E-state index is -0.621. The van der Waals surface area contributed by atoms with Crippen molar-refractivity contribution in [3.8, 4) is 11.5 Å². The summed E-state index contributed by atoms with van der Waals surface area (Å²) < 4.78 is 21.5. The maximum atomic E-state index is 12.2. The molecule has 154 valence electrons. The van der Waals surface area contributed by atoms with E-state index in [0.29, 0.717) is 37.7 Å². The van der Waals surface area contributed by atoms with Gasteiger partial charge >= 0.3 is 5.97 Å². The van der Waals surface area contributed by atoms with Gasteiger partial charge in [-0.05, 0) is 36.8 Å². The Hall–Kier alpha value is -3.06. The normalized spacial score (nSPS) is 14.0. The van der Waals surface area contributed by atoms with E-state index in [1.165, 1.54) is 7.11 Å². The second kappa shape index (κ2) is 9.93. The third kappa shape index (κ3) is 5.26. The summed E-state index contributed by atoms with van der Waals surface area (Å²) >= 11 is 0. The van der Waals surface area contributed by atoms with Gasteiger partial charge in [0.25, 0.3) is 5.91 Å². The first kappa shape index (κ1) is 20.7. The predicted octanol–water partition coefficient (Wildman–Crippen LogP) is 2.61. The van der Waals surface area contributed by atoms with Crippen molar-refractivity contribution in [2.45, 2.75) is 19.4 Å². The zero-order valence-corrected chi connectivity index (χ0v) is 16.6. The van der Waals surface area contributed by atoms with Crippen LogP contribution in [0.4, 0.5) is 5.69 Å². The highest BCUT2D eigenvalue weighted by Crippen LogP contribution is 2.31. The number of carbonyl (C=O) groups is 2. The molecule has 1 heterocycles. The summed E-state index contributed by atoms with van der Waals surface area (Å²) in [5.74, 6) is 0.912. The van der Waals surface area contributed by atoms with Crippen LogP contribution < -0.4 is 14.4 Å². The Morgan fingerprint density at radius 3 is 2.66 bits per heavy atom. The second-order valence-electron chi connectivity index (χ2n) is 6.47. The molecule has 0 saturated carbocycles. The van der Waals surface area contributed by atoms with E-state index in [2.05, 4.69) is 0 Å². The van der Waals surface area contributed by atoms with E-state index in [4.69, 9.17) is 18.9 Å². The molecule has 1 aliphatic rings. The third-order valence-electron chi connectivity index (χ3n) is 4.57. The van der Waals surface area contributed by atoms with Gasteiger partial charge in [-0.15, -0.1) is 0 Å². The van der Waals surface area contributed by atoms with Crippen LogP contribution in [0.2, 0.25) is 0 Å². The third-order valence-corrected chi connectivity index (χ3v) is 4.57. The number of fused-ring (bicyclic) bond motifs is 1. The molecule has 3 rings (SSSR count). The molecule has 1 unspecified atom stereocenters. The summed E-state index contributed by atoms with van der Waals surface area (Å²) in [4.78, 5) is 25.6. The number of esters is 1. The average Bonchev–Trinajstić information content (AvgIpc) is 2.75. The molecular weight excluding hydrogens is 374 g/mol. The monoisotopic (exact) mass is 399 g/mol. The summed E-state index contributed by atoms with van der Waals surface area (Å²) in [5, 5.41) is 0. The molecule has 0 aliphatic carbocycles. The van der Waals surface area contributed by atoms with E-state index in [1.54, 1.807) is 4.90 Å². The zero-order chi connectivity index (χ0) is 20.6. The molecule has 2 aromatic carbocycles. The van der Waals surface area contributed by atoms with Gasteiger partial charge in [0.05, 0.1) is 19.3 Å². The van der Waals surface area contributed by atoms with Crippen molar-refractivity contribution in [1.29, 1.82) is 0 Å². The van der Waals surface area contributed by atoms with Gasteiger partial charge in [0.15, 0.2) is 12.7 Å². The van der Waals surface area contributed by atoms with Crippen molar-refractivity contribution in [3.63, 3.8) is 0 Å². The Labute approximate surface area is 170 Å². The van der Waals surface area contributed by atoms with Crippen molar-refractivity contribution in [2.24, 2.45) is 0 Å². The molecule has 0 radical (unpaired) electrons.